The van der Waals surface area contributed by atoms with Gasteiger partial charge in [-0.3, -0.25) is 4.79 Å². The van der Waals surface area contributed by atoms with E-state index in [1.165, 1.54) is 0 Å². The molecule has 124 valence electrons. The summed E-state index contributed by atoms with van der Waals surface area (Å²) in [5.41, 5.74) is 1.80. The van der Waals surface area contributed by atoms with Crippen LogP contribution >= 0.6 is 11.6 Å². The molecule has 0 saturated carbocycles. The molecular weight excluding hydrogens is 326 g/mol. The van der Waals surface area contributed by atoms with Crippen LogP contribution in [0.3, 0.4) is 0 Å². The average Bonchev–Trinajstić information content (AvgIpc) is 3.11. The van der Waals surface area contributed by atoms with Crippen molar-refractivity contribution in [2.75, 3.05) is 23.7 Å². The second-order valence-electron chi connectivity index (χ2n) is 5.67. The number of rotatable bonds is 3. The van der Waals surface area contributed by atoms with Crippen LogP contribution in [0.5, 0.6) is 0 Å². The van der Waals surface area contributed by atoms with Gasteiger partial charge in [-0.2, -0.15) is 0 Å². The van der Waals surface area contributed by atoms with E-state index in [0.29, 0.717) is 22.0 Å². The maximum atomic E-state index is 12.4. The molecule has 3 rings (SSSR count). The summed E-state index contributed by atoms with van der Waals surface area (Å²) in [6, 6.07) is 13.4. The maximum absolute atomic E-state index is 12.4. The minimum Gasteiger partial charge on any atom is -0.339 e. The van der Waals surface area contributed by atoms with E-state index >= 15 is 0 Å². The molecule has 1 saturated heterocycles. The van der Waals surface area contributed by atoms with Gasteiger partial charge in [-0.15, -0.1) is 0 Å². The Hall–Kier alpha value is -2.53. The van der Waals surface area contributed by atoms with Gasteiger partial charge in [-0.1, -0.05) is 17.7 Å². The quantitative estimate of drug-likeness (QED) is 0.876. The number of anilines is 2. The van der Waals surface area contributed by atoms with Crippen LogP contribution in [0.25, 0.3) is 0 Å². The number of hydrogen-bond donors (Lipinski definition) is 2. The van der Waals surface area contributed by atoms with E-state index in [9.17, 15) is 9.59 Å². The van der Waals surface area contributed by atoms with Gasteiger partial charge < -0.3 is 15.5 Å². The standard InChI is InChI=1S/C18H18ClN3O2/c19-14-6-8-15(9-7-14)20-18(24)21-16-5-3-4-13(12-16)17(23)22-10-1-2-11-22/h3-9,12H,1-2,10-11H2,(H2,20,21,24). The lowest BCUT2D eigenvalue weighted by molar-refractivity contribution is 0.0793. The molecule has 1 heterocycles. The Balaban J connectivity index is 1.64. The zero-order valence-corrected chi connectivity index (χ0v) is 13.8. The Morgan fingerprint density at radius 1 is 0.917 bits per heavy atom. The first-order chi connectivity index (χ1) is 11.6. The fourth-order valence-electron chi connectivity index (χ4n) is 2.66. The zero-order valence-electron chi connectivity index (χ0n) is 13.1. The number of hydrogen-bond acceptors (Lipinski definition) is 2. The van der Waals surface area contributed by atoms with Crippen molar-refractivity contribution < 1.29 is 9.59 Å². The summed E-state index contributed by atoms with van der Waals surface area (Å²) in [6.07, 6.45) is 2.10. The van der Waals surface area contributed by atoms with Crippen molar-refractivity contribution in [3.05, 3.63) is 59.1 Å². The van der Waals surface area contributed by atoms with Crippen LogP contribution in [0.1, 0.15) is 23.2 Å². The summed E-state index contributed by atoms with van der Waals surface area (Å²) in [5, 5.41) is 6.06. The van der Waals surface area contributed by atoms with Crippen LogP contribution in [0.15, 0.2) is 48.5 Å². The minimum atomic E-state index is -0.372. The molecule has 24 heavy (non-hydrogen) atoms. The van der Waals surface area contributed by atoms with E-state index in [4.69, 9.17) is 11.6 Å². The van der Waals surface area contributed by atoms with Crippen LogP contribution in [0, 0.1) is 0 Å². The van der Waals surface area contributed by atoms with Crippen LogP contribution in [0.2, 0.25) is 5.02 Å². The Morgan fingerprint density at radius 3 is 2.29 bits per heavy atom. The maximum Gasteiger partial charge on any atom is 0.323 e. The van der Waals surface area contributed by atoms with Crippen molar-refractivity contribution in [3.63, 3.8) is 0 Å². The first-order valence-electron chi connectivity index (χ1n) is 7.85. The Morgan fingerprint density at radius 2 is 1.58 bits per heavy atom. The highest BCUT2D eigenvalue weighted by atomic mass is 35.5. The van der Waals surface area contributed by atoms with Crippen LogP contribution in [-0.2, 0) is 0 Å². The number of nitrogens with zero attached hydrogens (tertiary/aromatic N) is 1. The zero-order chi connectivity index (χ0) is 16.9. The summed E-state index contributed by atoms with van der Waals surface area (Å²) < 4.78 is 0. The molecule has 2 N–H and O–H groups in total. The molecule has 0 aromatic heterocycles. The summed E-state index contributed by atoms with van der Waals surface area (Å²) in [4.78, 5) is 26.3. The van der Waals surface area contributed by atoms with Crippen LogP contribution in [-0.4, -0.2) is 29.9 Å². The lowest BCUT2D eigenvalue weighted by atomic mass is 10.2. The Labute approximate surface area is 145 Å². The molecule has 0 bridgehead atoms. The van der Waals surface area contributed by atoms with Gasteiger partial charge in [-0.05, 0) is 55.3 Å². The van der Waals surface area contributed by atoms with Crippen molar-refractivity contribution in [2.45, 2.75) is 12.8 Å². The first kappa shape index (κ1) is 16.3. The molecule has 0 aliphatic carbocycles. The fraction of sp³-hybridized carbons (Fsp3) is 0.222. The Bertz CT molecular complexity index is 740. The van der Waals surface area contributed by atoms with E-state index in [1.807, 2.05) is 4.90 Å². The molecule has 1 aliphatic rings. The minimum absolute atomic E-state index is 0.00857. The van der Waals surface area contributed by atoms with E-state index in [0.717, 1.165) is 25.9 Å². The molecule has 0 unspecified atom stereocenters. The largest absolute Gasteiger partial charge is 0.339 e. The smallest absolute Gasteiger partial charge is 0.323 e. The molecule has 3 amide bonds. The van der Waals surface area contributed by atoms with E-state index in [2.05, 4.69) is 10.6 Å². The third-order valence-electron chi connectivity index (χ3n) is 3.86. The summed E-state index contributed by atoms with van der Waals surface area (Å²) in [5.74, 6) is 0.00857. The molecular formula is C18H18ClN3O2. The van der Waals surface area contributed by atoms with Gasteiger partial charge in [-0.25, -0.2) is 4.79 Å². The number of likely N-dealkylation sites (tertiary alicyclic amines) is 1. The second kappa shape index (κ2) is 7.36. The molecule has 1 aliphatic heterocycles. The van der Waals surface area contributed by atoms with Crippen molar-refractivity contribution >= 4 is 34.9 Å². The van der Waals surface area contributed by atoms with Crippen molar-refractivity contribution in [2.24, 2.45) is 0 Å². The normalized spacial score (nSPS) is 13.6. The number of nitrogens with one attached hydrogen (secondary N) is 2. The summed E-state index contributed by atoms with van der Waals surface area (Å²) in [6.45, 7) is 1.60. The van der Waals surface area contributed by atoms with Gasteiger partial charge in [0.1, 0.15) is 0 Å². The van der Waals surface area contributed by atoms with Gasteiger partial charge >= 0.3 is 6.03 Å². The summed E-state index contributed by atoms with van der Waals surface area (Å²) >= 11 is 5.81. The van der Waals surface area contributed by atoms with Gasteiger partial charge in [0.05, 0.1) is 0 Å². The van der Waals surface area contributed by atoms with Crippen molar-refractivity contribution in [1.29, 1.82) is 0 Å². The highest BCUT2D eigenvalue weighted by molar-refractivity contribution is 6.30. The predicted molar refractivity (Wildman–Crippen MR) is 95.7 cm³/mol. The highest BCUT2D eigenvalue weighted by Crippen LogP contribution is 2.17. The molecule has 0 spiro atoms. The fourth-order valence-corrected chi connectivity index (χ4v) is 2.79. The average molecular weight is 344 g/mol. The predicted octanol–water partition coefficient (Wildman–Crippen LogP) is 4.22. The molecule has 2 aromatic carbocycles. The third-order valence-corrected chi connectivity index (χ3v) is 4.11. The Kier molecular flexibility index (Phi) is 5.01. The lowest BCUT2D eigenvalue weighted by Gasteiger charge is -2.16. The number of carbonyl (C=O) groups excluding carboxylic acids is 2. The number of halogens is 1. The summed E-state index contributed by atoms with van der Waals surface area (Å²) in [7, 11) is 0. The number of benzene rings is 2. The second-order valence-corrected chi connectivity index (χ2v) is 6.10. The molecule has 5 nitrogen and oxygen atoms in total. The third kappa shape index (κ3) is 4.06. The van der Waals surface area contributed by atoms with Gasteiger partial charge in [0.15, 0.2) is 0 Å². The van der Waals surface area contributed by atoms with Gasteiger partial charge in [0.25, 0.3) is 5.91 Å². The van der Waals surface area contributed by atoms with Crippen LogP contribution in [0.4, 0.5) is 16.2 Å². The van der Waals surface area contributed by atoms with E-state index in [-0.39, 0.29) is 11.9 Å². The molecule has 6 heteroatoms. The van der Waals surface area contributed by atoms with Gasteiger partial charge in [0, 0.05) is 35.1 Å². The van der Waals surface area contributed by atoms with Crippen molar-refractivity contribution in [3.8, 4) is 0 Å². The molecule has 1 fully saturated rings. The number of amides is 3. The van der Waals surface area contributed by atoms with Crippen LogP contribution < -0.4 is 10.6 Å². The number of urea groups is 1. The molecule has 2 aromatic rings. The highest BCUT2D eigenvalue weighted by Gasteiger charge is 2.19. The number of carbonyl (C=O) groups is 2. The van der Waals surface area contributed by atoms with Crippen molar-refractivity contribution in [1.82, 2.24) is 4.90 Å². The first-order valence-corrected chi connectivity index (χ1v) is 8.22. The SMILES string of the molecule is O=C(Nc1ccc(Cl)cc1)Nc1cccc(C(=O)N2CCCC2)c1. The lowest BCUT2D eigenvalue weighted by Crippen LogP contribution is -2.27. The monoisotopic (exact) mass is 343 g/mol. The molecule has 0 atom stereocenters. The van der Waals surface area contributed by atoms with Gasteiger partial charge in [0.2, 0.25) is 0 Å². The van der Waals surface area contributed by atoms with E-state index < -0.39 is 0 Å². The topological polar surface area (TPSA) is 61.4 Å². The van der Waals surface area contributed by atoms with E-state index in [1.54, 1.807) is 48.5 Å². The molecule has 0 radical (unpaired) electrons.